The number of nitrogens with one attached hydrogen (secondary N) is 1. The van der Waals surface area contributed by atoms with Gasteiger partial charge in [0.2, 0.25) is 5.91 Å². The Labute approximate surface area is 147 Å². The lowest BCUT2D eigenvalue weighted by molar-refractivity contribution is -0.117. The molecule has 0 fully saturated rings. The third kappa shape index (κ3) is 5.46. The van der Waals surface area contributed by atoms with Gasteiger partial charge >= 0.3 is 5.97 Å². The molecule has 0 bridgehead atoms. The van der Waals surface area contributed by atoms with Crippen LogP contribution >= 0.6 is 0 Å². The van der Waals surface area contributed by atoms with Crippen molar-refractivity contribution in [1.29, 1.82) is 0 Å². The Morgan fingerprint density at radius 1 is 1.16 bits per heavy atom. The van der Waals surface area contributed by atoms with Gasteiger partial charge in [0.1, 0.15) is 11.5 Å². The van der Waals surface area contributed by atoms with Gasteiger partial charge in [-0.05, 0) is 57.2 Å². The van der Waals surface area contributed by atoms with Crippen LogP contribution in [0.5, 0.6) is 0 Å². The number of aryl methyl sites for hydroxylation is 1. The molecule has 1 heterocycles. The van der Waals surface area contributed by atoms with Crippen molar-refractivity contribution in [2.75, 3.05) is 19.0 Å². The number of amides is 1. The molecule has 0 spiro atoms. The monoisotopic (exact) mass is 344 g/mol. The fraction of sp³-hybridized carbons (Fsp3) is 0.368. The second-order valence-electron chi connectivity index (χ2n) is 6.13. The quantitative estimate of drug-likeness (QED) is 0.781. The van der Waals surface area contributed by atoms with Crippen molar-refractivity contribution >= 4 is 17.6 Å². The molecule has 25 heavy (non-hydrogen) atoms. The molecule has 0 saturated carbocycles. The first-order valence-electron chi connectivity index (χ1n) is 8.16. The van der Waals surface area contributed by atoms with Crippen molar-refractivity contribution < 1.29 is 18.7 Å². The lowest BCUT2D eigenvalue weighted by atomic mass is 10.2. The van der Waals surface area contributed by atoms with Crippen LogP contribution in [0.15, 0.2) is 40.8 Å². The highest BCUT2D eigenvalue weighted by atomic mass is 16.5. The first kappa shape index (κ1) is 18.7. The van der Waals surface area contributed by atoms with E-state index in [0.717, 1.165) is 11.5 Å². The van der Waals surface area contributed by atoms with E-state index in [2.05, 4.69) is 10.1 Å². The molecule has 1 amide bonds. The maximum atomic E-state index is 12.3. The maximum absolute atomic E-state index is 12.3. The predicted molar refractivity (Wildman–Crippen MR) is 95.4 cm³/mol. The lowest BCUT2D eigenvalue weighted by Gasteiger charge is -2.24. The van der Waals surface area contributed by atoms with Gasteiger partial charge in [0, 0.05) is 11.7 Å². The molecule has 0 aliphatic heterocycles. The molecule has 0 radical (unpaired) electrons. The molecule has 2 rings (SSSR count). The summed E-state index contributed by atoms with van der Waals surface area (Å²) in [5, 5.41) is 2.84. The number of esters is 1. The van der Waals surface area contributed by atoms with Gasteiger partial charge < -0.3 is 14.5 Å². The number of hydrogen-bond donors (Lipinski definition) is 1. The van der Waals surface area contributed by atoms with E-state index in [-0.39, 0.29) is 18.5 Å². The normalized spacial score (nSPS) is 11.0. The number of nitrogens with zero attached hydrogens (tertiary/aromatic N) is 1. The highest BCUT2D eigenvalue weighted by molar-refractivity contribution is 5.94. The summed E-state index contributed by atoms with van der Waals surface area (Å²) >= 11 is 0. The molecule has 0 unspecified atom stereocenters. The van der Waals surface area contributed by atoms with Gasteiger partial charge in [-0.3, -0.25) is 9.69 Å². The summed E-state index contributed by atoms with van der Waals surface area (Å²) in [6.07, 6.45) is 0. The Morgan fingerprint density at radius 3 is 2.36 bits per heavy atom. The molecule has 6 heteroatoms. The van der Waals surface area contributed by atoms with E-state index in [4.69, 9.17) is 4.42 Å². The van der Waals surface area contributed by atoms with E-state index in [1.165, 1.54) is 7.11 Å². The van der Waals surface area contributed by atoms with Crippen LogP contribution in [0.3, 0.4) is 0 Å². The summed E-state index contributed by atoms with van der Waals surface area (Å²) in [6, 6.07) is 10.6. The molecule has 0 saturated heterocycles. The number of rotatable bonds is 7. The number of hydrogen-bond acceptors (Lipinski definition) is 5. The molecule has 2 aromatic rings. The molecular formula is C19H24N2O4. The van der Waals surface area contributed by atoms with E-state index in [1.54, 1.807) is 24.3 Å². The van der Waals surface area contributed by atoms with Crippen LogP contribution in [-0.2, 0) is 16.1 Å². The van der Waals surface area contributed by atoms with Crippen LogP contribution in [0, 0.1) is 6.92 Å². The Kier molecular flexibility index (Phi) is 6.36. The van der Waals surface area contributed by atoms with Crippen LogP contribution < -0.4 is 5.32 Å². The topological polar surface area (TPSA) is 71.8 Å². The number of methoxy groups -OCH3 is 1. The fourth-order valence-electron chi connectivity index (χ4n) is 2.38. The molecule has 6 nitrogen and oxygen atoms in total. The average molecular weight is 344 g/mol. The van der Waals surface area contributed by atoms with Gasteiger partial charge in [-0.15, -0.1) is 0 Å². The summed E-state index contributed by atoms with van der Waals surface area (Å²) in [5.41, 5.74) is 1.08. The minimum absolute atomic E-state index is 0.122. The standard InChI is InChI=1S/C19H24N2O4/c1-13(2)21(11-17-10-5-14(3)25-17)12-18(22)20-16-8-6-15(7-9-16)19(23)24-4/h5-10,13H,11-12H2,1-4H3,(H,20,22). The van der Waals surface area contributed by atoms with Gasteiger partial charge in [-0.2, -0.15) is 0 Å². The number of carbonyl (C=O) groups is 2. The fourth-order valence-corrected chi connectivity index (χ4v) is 2.38. The Bertz CT molecular complexity index is 719. The smallest absolute Gasteiger partial charge is 0.337 e. The van der Waals surface area contributed by atoms with Crippen molar-refractivity contribution in [2.24, 2.45) is 0 Å². The van der Waals surface area contributed by atoms with Gasteiger partial charge in [-0.25, -0.2) is 4.79 Å². The van der Waals surface area contributed by atoms with E-state index < -0.39 is 5.97 Å². The number of ether oxygens (including phenoxy) is 1. The highest BCUT2D eigenvalue weighted by Gasteiger charge is 2.16. The minimum Gasteiger partial charge on any atom is -0.465 e. The first-order chi connectivity index (χ1) is 11.9. The number of furan rings is 1. The van der Waals surface area contributed by atoms with Crippen molar-refractivity contribution in [1.82, 2.24) is 4.90 Å². The average Bonchev–Trinajstić information content (AvgIpc) is 2.99. The molecular weight excluding hydrogens is 320 g/mol. The van der Waals surface area contributed by atoms with E-state index >= 15 is 0 Å². The Balaban J connectivity index is 1.95. The van der Waals surface area contributed by atoms with Gasteiger partial charge in [-0.1, -0.05) is 0 Å². The van der Waals surface area contributed by atoms with Gasteiger partial charge in [0.15, 0.2) is 0 Å². The number of anilines is 1. The SMILES string of the molecule is COC(=O)c1ccc(NC(=O)CN(Cc2ccc(C)o2)C(C)C)cc1. The lowest BCUT2D eigenvalue weighted by Crippen LogP contribution is -2.37. The van der Waals surface area contributed by atoms with Gasteiger partial charge in [0.25, 0.3) is 0 Å². The molecule has 134 valence electrons. The van der Waals surface area contributed by atoms with E-state index in [9.17, 15) is 9.59 Å². The van der Waals surface area contributed by atoms with Crippen LogP contribution in [0.1, 0.15) is 35.7 Å². The molecule has 1 aromatic heterocycles. The van der Waals surface area contributed by atoms with Gasteiger partial charge in [0.05, 0.1) is 25.8 Å². The number of carbonyl (C=O) groups excluding carboxylic acids is 2. The molecule has 0 atom stereocenters. The third-order valence-corrected chi connectivity index (χ3v) is 3.82. The second-order valence-corrected chi connectivity index (χ2v) is 6.13. The number of benzene rings is 1. The second kappa shape index (κ2) is 8.48. The Morgan fingerprint density at radius 2 is 1.84 bits per heavy atom. The zero-order valence-electron chi connectivity index (χ0n) is 15.0. The summed E-state index contributed by atoms with van der Waals surface area (Å²) in [5.74, 6) is 1.16. The third-order valence-electron chi connectivity index (χ3n) is 3.82. The zero-order valence-corrected chi connectivity index (χ0v) is 15.0. The van der Waals surface area contributed by atoms with Crippen molar-refractivity contribution in [3.8, 4) is 0 Å². The van der Waals surface area contributed by atoms with Crippen LogP contribution in [0.25, 0.3) is 0 Å². The summed E-state index contributed by atoms with van der Waals surface area (Å²) in [7, 11) is 1.33. The van der Waals surface area contributed by atoms with Crippen molar-refractivity contribution in [3.05, 3.63) is 53.5 Å². The van der Waals surface area contributed by atoms with Crippen LogP contribution in [0.4, 0.5) is 5.69 Å². The zero-order chi connectivity index (χ0) is 18.4. The molecule has 0 aliphatic carbocycles. The largest absolute Gasteiger partial charge is 0.465 e. The molecule has 1 aromatic carbocycles. The summed E-state index contributed by atoms with van der Waals surface area (Å²) < 4.78 is 10.2. The van der Waals surface area contributed by atoms with Crippen molar-refractivity contribution in [2.45, 2.75) is 33.4 Å². The highest BCUT2D eigenvalue weighted by Crippen LogP contribution is 2.13. The van der Waals surface area contributed by atoms with E-state index in [1.807, 2.05) is 37.8 Å². The summed E-state index contributed by atoms with van der Waals surface area (Å²) in [4.78, 5) is 25.8. The van der Waals surface area contributed by atoms with Crippen LogP contribution in [-0.4, -0.2) is 36.5 Å². The maximum Gasteiger partial charge on any atom is 0.337 e. The van der Waals surface area contributed by atoms with E-state index in [0.29, 0.717) is 17.8 Å². The molecule has 0 aliphatic rings. The predicted octanol–water partition coefficient (Wildman–Crippen LogP) is 3.22. The van der Waals surface area contributed by atoms with Crippen molar-refractivity contribution in [3.63, 3.8) is 0 Å². The first-order valence-corrected chi connectivity index (χ1v) is 8.16. The summed E-state index contributed by atoms with van der Waals surface area (Å²) in [6.45, 7) is 6.78. The molecule has 1 N–H and O–H groups in total. The minimum atomic E-state index is -0.405. The Hall–Kier alpha value is -2.60. The van der Waals surface area contributed by atoms with Crippen LogP contribution in [0.2, 0.25) is 0 Å².